The van der Waals surface area contributed by atoms with Crippen LogP contribution in [0, 0.1) is 0 Å². The standard InChI is InChI=1S/C12H22N6O2/c1-4-6-14-10-16-11(15-8-9(19)13-3)18-12(17-10)20-7-5-2/h4-8H2,1-3H3,(H,13,19)(H2,14,15,16,17,18). The molecule has 0 unspecified atom stereocenters. The molecule has 0 aliphatic rings. The highest BCUT2D eigenvalue weighted by molar-refractivity contribution is 5.79. The largest absolute Gasteiger partial charge is 0.463 e. The molecule has 0 spiro atoms. The number of anilines is 2. The van der Waals surface area contributed by atoms with Gasteiger partial charge in [-0.1, -0.05) is 13.8 Å². The molecule has 1 amide bonds. The number of hydrogen-bond acceptors (Lipinski definition) is 7. The minimum absolute atomic E-state index is 0.0982. The van der Waals surface area contributed by atoms with Crippen LogP contribution in [0.1, 0.15) is 26.7 Å². The van der Waals surface area contributed by atoms with E-state index in [9.17, 15) is 4.79 Å². The summed E-state index contributed by atoms with van der Waals surface area (Å²) >= 11 is 0. The Morgan fingerprint density at radius 3 is 2.40 bits per heavy atom. The maximum atomic E-state index is 11.2. The summed E-state index contributed by atoms with van der Waals surface area (Å²) in [6, 6.07) is 0.250. The van der Waals surface area contributed by atoms with E-state index < -0.39 is 0 Å². The Hall–Kier alpha value is -2.12. The number of carbonyl (C=O) groups excluding carboxylic acids is 1. The number of nitrogens with one attached hydrogen (secondary N) is 3. The number of rotatable bonds is 9. The van der Waals surface area contributed by atoms with Gasteiger partial charge in [-0.2, -0.15) is 15.0 Å². The molecule has 0 aromatic carbocycles. The Kier molecular flexibility index (Phi) is 7.08. The number of likely N-dealkylation sites (N-methyl/N-ethyl adjacent to an activating group) is 1. The van der Waals surface area contributed by atoms with E-state index in [2.05, 4.69) is 30.9 Å². The average molecular weight is 282 g/mol. The summed E-state index contributed by atoms with van der Waals surface area (Å²) in [5.74, 6) is 0.602. The number of ether oxygens (including phenoxy) is 1. The molecule has 1 aromatic heterocycles. The molecular weight excluding hydrogens is 260 g/mol. The highest BCUT2D eigenvalue weighted by Gasteiger charge is 2.08. The number of nitrogens with zero attached hydrogens (tertiary/aromatic N) is 3. The Balaban J connectivity index is 2.76. The minimum Gasteiger partial charge on any atom is -0.463 e. The molecule has 0 aliphatic heterocycles. The Morgan fingerprint density at radius 2 is 1.80 bits per heavy atom. The molecule has 112 valence electrons. The summed E-state index contributed by atoms with van der Waals surface area (Å²) in [5.41, 5.74) is 0. The van der Waals surface area contributed by atoms with E-state index in [0.717, 1.165) is 19.4 Å². The van der Waals surface area contributed by atoms with Gasteiger partial charge in [0.2, 0.25) is 17.8 Å². The molecule has 0 aliphatic carbocycles. The lowest BCUT2D eigenvalue weighted by Crippen LogP contribution is -2.27. The first-order valence-corrected chi connectivity index (χ1v) is 6.76. The van der Waals surface area contributed by atoms with Gasteiger partial charge in [0, 0.05) is 13.6 Å². The molecule has 8 nitrogen and oxygen atoms in total. The molecule has 8 heteroatoms. The maximum absolute atomic E-state index is 11.2. The number of aromatic nitrogens is 3. The number of hydrogen-bond donors (Lipinski definition) is 3. The van der Waals surface area contributed by atoms with Gasteiger partial charge in [-0.05, 0) is 12.8 Å². The van der Waals surface area contributed by atoms with Gasteiger partial charge in [0.1, 0.15) is 0 Å². The van der Waals surface area contributed by atoms with Crippen LogP contribution in [-0.2, 0) is 4.79 Å². The molecule has 0 atom stereocenters. The van der Waals surface area contributed by atoms with E-state index in [1.165, 1.54) is 0 Å². The lowest BCUT2D eigenvalue weighted by Gasteiger charge is -2.09. The maximum Gasteiger partial charge on any atom is 0.323 e. The zero-order valence-electron chi connectivity index (χ0n) is 12.2. The van der Waals surface area contributed by atoms with Crippen molar-refractivity contribution in [3.63, 3.8) is 0 Å². The second kappa shape index (κ2) is 8.89. The van der Waals surface area contributed by atoms with Crippen molar-refractivity contribution in [1.29, 1.82) is 0 Å². The van der Waals surface area contributed by atoms with E-state index in [1.807, 2.05) is 13.8 Å². The van der Waals surface area contributed by atoms with Crippen LogP contribution in [-0.4, -0.2) is 47.6 Å². The average Bonchev–Trinajstić information content (AvgIpc) is 2.48. The van der Waals surface area contributed by atoms with Gasteiger partial charge in [-0.3, -0.25) is 4.79 Å². The van der Waals surface area contributed by atoms with Crippen molar-refractivity contribution < 1.29 is 9.53 Å². The van der Waals surface area contributed by atoms with E-state index >= 15 is 0 Å². The first-order chi connectivity index (χ1) is 9.69. The summed E-state index contributed by atoms with van der Waals surface area (Å²) in [6.45, 7) is 5.44. The van der Waals surface area contributed by atoms with Crippen LogP contribution < -0.4 is 20.7 Å². The third kappa shape index (κ3) is 5.68. The molecule has 0 bridgehead atoms. The summed E-state index contributed by atoms with van der Waals surface area (Å²) in [6.07, 6.45) is 1.82. The van der Waals surface area contributed by atoms with Crippen molar-refractivity contribution in [2.24, 2.45) is 0 Å². The minimum atomic E-state index is -0.149. The van der Waals surface area contributed by atoms with Crippen LogP contribution in [0.15, 0.2) is 0 Å². The van der Waals surface area contributed by atoms with E-state index in [-0.39, 0.29) is 18.5 Å². The zero-order valence-corrected chi connectivity index (χ0v) is 12.2. The molecular formula is C12H22N6O2. The third-order valence-corrected chi connectivity index (χ3v) is 2.27. The predicted octanol–water partition coefficient (Wildman–Crippen LogP) is 0.640. The highest BCUT2D eigenvalue weighted by Crippen LogP contribution is 2.11. The van der Waals surface area contributed by atoms with Crippen molar-refractivity contribution in [3.05, 3.63) is 0 Å². The lowest BCUT2D eigenvalue weighted by atomic mass is 10.5. The molecule has 1 heterocycles. The van der Waals surface area contributed by atoms with Gasteiger partial charge in [-0.25, -0.2) is 0 Å². The third-order valence-electron chi connectivity index (χ3n) is 2.27. The lowest BCUT2D eigenvalue weighted by molar-refractivity contribution is -0.118. The zero-order chi connectivity index (χ0) is 14.8. The van der Waals surface area contributed by atoms with Crippen molar-refractivity contribution in [3.8, 4) is 6.01 Å². The van der Waals surface area contributed by atoms with E-state index in [4.69, 9.17) is 4.74 Å². The molecule has 3 N–H and O–H groups in total. The second-order valence-electron chi connectivity index (χ2n) is 4.07. The summed E-state index contributed by atoms with van der Waals surface area (Å²) in [7, 11) is 1.57. The van der Waals surface area contributed by atoms with Gasteiger partial charge in [0.15, 0.2) is 0 Å². The topological polar surface area (TPSA) is 101 Å². The first-order valence-electron chi connectivity index (χ1n) is 6.76. The molecule has 1 aromatic rings. The van der Waals surface area contributed by atoms with Crippen LogP contribution in [0.4, 0.5) is 11.9 Å². The van der Waals surface area contributed by atoms with Crippen LogP contribution in [0.3, 0.4) is 0 Å². The molecule has 0 saturated carbocycles. The van der Waals surface area contributed by atoms with Crippen molar-refractivity contribution >= 4 is 17.8 Å². The fourth-order valence-corrected chi connectivity index (χ4v) is 1.26. The fraction of sp³-hybridized carbons (Fsp3) is 0.667. The molecule has 1 rings (SSSR count). The molecule has 0 radical (unpaired) electrons. The van der Waals surface area contributed by atoms with Crippen molar-refractivity contribution in [2.75, 3.05) is 37.4 Å². The van der Waals surface area contributed by atoms with Crippen LogP contribution >= 0.6 is 0 Å². The molecule has 20 heavy (non-hydrogen) atoms. The van der Waals surface area contributed by atoms with Crippen molar-refractivity contribution in [1.82, 2.24) is 20.3 Å². The van der Waals surface area contributed by atoms with Gasteiger partial charge in [0.25, 0.3) is 0 Å². The second-order valence-corrected chi connectivity index (χ2v) is 4.07. The van der Waals surface area contributed by atoms with Crippen molar-refractivity contribution in [2.45, 2.75) is 26.7 Å². The van der Waals surface area contributed by atoms with Gasteiger partial charge >= 0.3 is 6.01 Å². The SMILES string of the molecule is CCCNc1nc(NCC(=O)NC)nc(OCCC)n1. The summed E-state index contributed by atoms with van der Waals surface area (Å²) in [4.78, 5) is 23.7. The Morgan fingerprint density at radius 1 is 1.10 bits per heavy atom. The van der Waals surface area contributed by atoms with Crippen LogP contribution in [0.5, 0.6) is 6.01 Å². The first kappa shape index (κ1) is 15.9. The fourth-order valence-electron chi connectivity index (χ4n) is 1.26. The highest BCUT2D eigenvalue weighted by atomic mass is 16.5. The Labute approximate surface area is 118 Å². The van der Waals surface area contributed by atoms with Gasteiger partial charge in [0.05, 0.1) is 13.2 Å². The van der Waals surface area contributed by atoms with E-state index in [0.29, 0.717) is 18.5 Å². The molecule has 0 saturated heterocycles. The normalized spacial score (nSPS) is 9.95. The predicted molar refractivity (Wildman–Crippen MR) is 77.0 cm³/mol. The molecule has 0 fully saturated rings. The monoisotopic (exact) mass is 282 g/mol. The van der Waals surface area contributed by atoms with E-state index in [1.54, 1.807) is 7.05 Å². The Bertz CT molecular complexity index is 400. The van der Waals surface area contributed by atoms with Gasteiger partial charge in [-0.15, -0.1) is 0 Å². The van der Waals surface area contributed by atoms with Gasteiger partial charge < -0.3 is 20.7 Å². The number of amides is 1. The number of carbonyl (C=O) groups is 1. The summed E-state index contributed by atoms with van der Waals surface area (Å²) in [5, 5.41) is 8.42. The van der Waals surface area contributed by atoms with Crippen LogP contribution in [0.25, 0.3) is 0 Å². The van der Waals surface area contributed by atoms with Crippen LogP contribution in [0.2, 0.25) is 0 Å². The quantitative estimate of drug-likeness (QED) is 0.611. The smallest absolute Gasteiger partial charge is 0.323 e. The summed E-state index contributed by atoms with van der Waals surface area (Å²) < 4.78 is 5.41.